The lowest BCUT2D eigenvalue weighted by atomic mass is 9.84. The summed E-state index contributed by atoms with van der Waals surface area (Å²) in [5, 5.41) is 1.94. The number of rotatable bonds is 11. The molecule has 3 rings (SSSR count). The van der Waals surface area contributed by atoms with Crippen LogP contribution in [0.4, 0.5) is 0 Å². The van der Waals surface area contributed by atoms with Crippen molar-refractivity contribution in [3.63, 3.8) is 0 Å². The van der Waals surface area contributed by atoms with Gasteiger partial charge in [0, 0.05) is 23.7 Å². The molecule has 0 N–H and O–H groups in total. The van der Waals surface area contributed by atoms with Crippen molar-refractivity contribution in [2.45, 2.75) is 30.4 Å². The van der Waals surface area contributed by atoms with Gasteiger partial charge in [0.25, 0.3) is 0 Å². The lowest BCUT2D eigenvalue weighted by molar-refractivity contribution is -0.171. The fourth-order valence-corrected chi connectivity index (χ4v) is 5.48. The third-order valence-corrected chi connectivity index (χ3v) is 6.79. The van der Waals surface area contributed by atoms with Crippen molar-refractivity contribution in [3.8, 4) is 0 Å². The average molecular weight is 457 g/mol. The summed E-state index contributed by atoms with van der Waals surface area (Å²) in [4.78, 5) is 17.9. The van der Waals surface area contributed by atoms with E-state index in [4.69, 9.17) is 14.5 Å². The molecule has 3 unspecified atom stereocenters. The molecule has 1 aromatic heterocycles. The fraction of sp³-hybridized carbons (Fsp3) is 0.333. The topological polar surface area (TPSA) is 65.5 Å². The smallest absolute Gasteiger partial charge is 0.343 e. The number of hydrogen-bond donors (Lipinski definition) is 0. The Morgan fingerprint density at radius 1 is 1.03 bits per heavy atom. The molecule has 0 saturated carbocycles. The second-order valence-corrected chi connectivity index (χ2v) is 8.66. The number of carbonyl (C=O) groups is 1. The first kappa shape index (κ1) is 23.4. The SMILES string of the molecule is CCOC(=O)C(C[PH+]=O)(OCC)C(CSc1ccc2ccccc2n1)c1ccccc1. The Bertz CT molecular complexity index is 1020. The van der Waals surface area contributed by atoms with E-state index in [1.165, 1.54) is 0 Å². The van der Waals surface area contributed by atoms with Crippen LogP contribution in [-0.2, 0) is 18.8 Å². The molecule has 0 fully saturated rings. The standard InChI is InChI=1S/C24H26NO4PS/c1-3-28-23(26)24(17-30-27,29-4-2)20(18-10-6-5-7-11-18)16-31-22-15-14-19-12-8-9-13-21(19)25-22/h5-15,20H,3-4,16-17H2,1-2H3/p+1. The number of benzene rings is 2. The van der Waals surface area contributed by atoms with Crippen molar-refractivity contribution >= 4 is 37.1 Å². The van der Waals surface area contributed by atoms with E-state index in [9.17, 15) is 9.36 Å². The van der Waals surface area contributed by atoms with Gasteiger partial charge in [-0.15, -0.1) is 11.8 Å². The first-order chi connectivity index (χ1) is 15.1. The van der Waals surface area contributed by atoms with Gasteiger partial charge >= 0.3 is 14.4 Å². The fourth-order valence-electron chi connectivity index (χ4n) is 3.65. The van der Waals surface area contributed by atoms with Crippen LogP contribution in [0, 0.1) is 0 Å². The highest BCUT2D eigenvalue weighted by Gasteiger charge is 2.51. The van der Waals surface area contributed by atoms with E-state index in [0.29, 0.717) is 12.4 Å². The molecule has 3 aromatic rings. The number of hydrogen-bond acceptors (Lipinski definition) is 6. The number of nitrogens with zero attached hydrogens (tertiary/aromatic N) is 1. The summed E-state index contributed by atoms with van der Waals surface area (Å²) in [6, 6.07) is 21.7. The van der Waals surface area contributed by atoms with Crippen molar-refractivity contribution in [1.82, 2.24) is 4.98 Å². The molecule has 162 valence electrons. The van der Waals surface area contributed by atoms with Crippen LogP contribution in [0.5, 0.6) is 0 Å². The number of aromatic nitrogens is 1. The second kappa shape index (κ2) is 11.4. The zero-order chi connectivity index (χ0) is 22.1. The van der Waals surface area contributed by atoms with Crippen LogP contribution in [0.3, 0.4) is 0 Å². The number of ether oxygens (including phenoxy) is 2. The predicted molar refractivity (Wildman–Crippen MR) is 127 cm³/mol. The van der Waals surface area contributed by atoms with Gasteiger partial charge < -0.3 is 9.47 Å². The molecule has 1 heterocycles. The maximum Gasteiger partial charge on any atom is 0.343 e. The molecule has 0 amide bonds. The predicted octanol–water partition coefficient (Wildman–Crippen LogP) is 5.47. The average Bonchev–Trinajstić information content (AvgIpc) is 2.80. The Balaban J connectivity index is 1.98. The molecule has 2 aromatic carbocycles. The van der Waals surface area contributed by atoms with Crippen LogP contribution in [0.25, 0.3) is 10.9 Å². The lowest BCUT2D eigenvalue weighted by Crippen LogP contribution is -2.51. The van der Waals surface area contributed by atoms with Gasteiger partial charge in [0.05, 0.1) is 17.1 Å². The van der Waals surface area contributed by atoms with Crippen molar-refractivity contribution in [3.05, 3.63) is 72.3 Å². The molecule has 3 atom stereocenters. The number of carbonyl (C=O) groups excluding carboxylic acids is 1. The molecule has 7 heteroatoms. The maximum absolute atomic E-state index is 13.1. The summed E-state index contributed by atoms with van der Waals surface area (Å²) < 4.78 is 23.3. The van der Waals surface area contributed by atoms with Crippen LogP contribution < -0.4 is 0 Å². The van der Waals surface area contributed by atoms with Gasteiger partial charge in [-0.1, -0.05) is 59.2 Å². The van der Waals surface area contributed by atoms with Crippen LogP contribution in [0.1, 0.15) is 25.3 Å². The zero-order valence-corrected chi connectivity index (χ0v) is 19.6. The van der Waals surface area contributed by atoms with E-state index in [1.54, 1.807) is 18.7 Å². The van der Waals surface area contributed by atoms with Gasteiger partial charge in [-0.2, -0.15) is 0 Å². The van der Waals surface area contributed by atoms with Gasteiger partial charge in [-0.3, -0.25) is 0 Å². The lowest BCUT2D eigenvalue weighted by Gasteiger charge is -2.35. The van der Waals surface area contributed by atoms with Crippen LogP contribution >= 0.6 is 20.2 Å². The van der Waals surface area contributed by atoms with Crippen molar-refractivity contribution in [2.75, 3.05) is 25.1 Å². The molecule has 0 aliphatic carbocycles. The second-order valence-electron chi connectivity index (χ2n) is 6.98. The third kappa shape index (κ3) is 5.51. The number of thioether (sulfide) groups is 1. The number of para-hydroxylation sites is 1. The van der Waals surface area contributed by atoms with Crippen LogP contribution in [0.2, 0.25) is 0 Å². The first-order valence-corrected chi connectivity index (χ1v) is 12.4. The molecule has 0 bridgehead atoms. The van der Waals surface area contributed by atoms with E-state index in [1.807, 2.05) is 73.7 Å². The summed E-state index contributed by atoms with van der Waals surface area (Å²) in [7, 11) is -0.689. The number of fused-ring (bicyclic) bond motifs is 1. The normalized spacial score (nSPS) is 14.3. The number of pyridine rings is 1. The van der Waals surface area contributed by atoms with Crippen molar-refractivity contribution in [2.24, 2.45) is 0 Å². The summed E-state index contributed by atoms with van der Waals surface area (Å²) in [5.41, 5.74) is 0.540. The van der Waals surface area contributed by atoms with E-state index in [-0.39, 0.29) is 18.7 Å². The molecular formula is C24H27NO4PS+. The molecule has 0 aliphatic rings. The van der Waals surface area contributed by atoms with Gasteiger partial charge in [0.15, 0.2) is 6.16 Å². The van der Waals surface area contributed by atoms with E-state index in [2.05, 4.69) is 0 Å². The molecule has 0 radical (unpaired) electrons. The highest BCUT2D eigenvalue weighted by atomic mass is 32.2. The highest BCUT2D eigenvalue weighted by Crippen LogP contribution is 2.39. The monoisotopic (exact) mass is 456 g/mol. The van der Waals surface area contributed by atoms with Gasteiger partial charge in [0.1, 0.15) is 0 Å². The minimum absolute atomic E-state index is 0.0743. The Hall–Kier alpha value is -2.27. The third-order valence-electron chi connectivity index (χ3n) is 5.09. The molecule has 31 heavy (non-hydrogen) atoms. The van der Waals surface area contributed by atoms with Gasteiger partial charge in [-0.05, 0) is 31.5 Å². The van der Waals surface area contributed by atoms with Crippen molar-refractivity contribution < 1.29 is 18.8 Å². The van der Waals surface area contributed by atoms with Gasteiger partial charge in [0.2, 0.25) is 5.60 Å². The van der Waals surface area contributed by atoms with E-state index in [0.717, 1.165) is 21.5 Å². The minimum atomic E-state index is -1.32. The first-order valence-electron chi connectivity index (χ1n) is 10.3. The molecule has 0 aliphatic heterocycles. The zero-order valence-electron chi connectivity index (χ0n) is 17.7. The van der Waals surface area contributed by atoms with E-state index < -0.39 is 20.0 Å². The van der Waals surface area contributed by atoms with Crippen LogP contribution in [-0.4, -0.2) is 41.7 Å². The minimum Gasteiger partial charge on any atom is -0.464 e. The summed E-state index contributed by atoms with van der Waals surface area (Å²) in [6.07, 6.45) is 0.0743. The largest absolute Gasteiger partial charge is 0.464 e. The summed E-state index contributed by atoms with van der Waals surface area (Å²) in [5.74, 6) is -0.299. The van der Waals surface area contributed by atoms with Gasteiger partial charge in [-0.25, -0.2) is 9.78 Å². The van der Waals surface area contributed by atoms with Crippen LogP contribution in [0.15, 0.2) is 71.8 Å². The summed E-state index contributed by atoms with van der Waals surface area (Å²) in [6.45, 7) is 4.14. The number of esters is 1. The molecule has 5 nitrogen and oxygen atoms in total. The Morgan fingerprint density at radius 2 is 1.77 bits per heavy atom. The Labute approximate surface area is 188 Å². The molecule has 0 saturated heterocycles. The van der Waals surface area contributed by atoms with Crippen molar-refractivity contribution in [1.29, 1.82) is 0 Å². The Morgan fingerprint density at radius 3 is 2.48 bits per heavy atom. The maximum atomic E-state index is 13.1. The molecular weight excluding hydrogens is 429 g/mol. The Kier molecular flexibility index (Phi) is 8.59. The van der Waals surface area contributed by atoms with E-state index >= 15 is 0 Å². The summed E-state index contributed by atoms with van der Waals surface area (Å²) >= 11 is 1.55. The molecule has 0 spiro atoms. The quantitative estimate of drug-likeness (QED) is 0.216. The highest BCUT2D eigenvalue weighted by molar-refractivity contribution is 7.99.